The molecule has 35 heavy (non-hydrogen) atoms. The summed E-state index contributed by atoms with van der Waals surface area (Å²) in [6.07, 6.45) is -0.458. The molecule has 2 N–H and O–H groups in total. The fraction of sp³-hybridized carbons (Fsp3) is 0.200. The number of carbonyl (C=O) groups is 2. The van der Waals surface area contributed by atoms with Gasteiger partial charge in [0.2, 0.25) is 15.9 Å². The lowest BCUT2D eigenvalue weighted by Gasteiger charge is -2.35. The number of carbonyl (C=O) groups excluding carboxylic acids is 2. The van der Waals surface area contributed by atoms with E-state index in [9.17, 15) is 22.4 Å². The molecule has 3 aromatic carbocycles. The minimum Gasteiger partial charge on any atom is -0.479 e. The molecule has 0 spiro atoms. The van der Waals surface area contributed by atoms with Gasteiger partial charge in [0.15, 0.2) is 6.10 Å². The fourth-order valence-corrected chi connectivity index (χ4v) is 5.79. The van der Waals surface area contributed by atoms with Crippen molar-refractivity contribution in [2.75, 3.05) is 10.6 Å². The van der Waals surface area contributed by atoms with Crippen molar-refractivity contribution in [2.45, 2.75) is 36.9 Å². The van der Waals surface area contributed by atoms with E-state index in [1.165, 1.54) is 12.1 Å². The number of nitrogens with zero attached hydrogens (tertiary/aromatic N) is 1. The summed E-state index contributed by atoms with van der Waals surface area (Å²) in [7, 11) is -4.11. The van der Waals surface area contributed by atoms with E-state index in [1.807, 2.05) is 24.3 Å². The van der Waals surface area contributed by atoms with Crippen LogP contribution in [0.25, 0.3) is 0 Å². The van der Waals surface area contributed by atoms with E-state index in [2.05, 4.69) is 10.6 Å². The van der Waals surface area contributed by atoms with Gasteiger partial charge in [-0.15, -0.1) is 0 Å². The van der Waals surface area contributed by atoms with Crippen molar-refractivity contribution in [3.05, 3.63) is 83.7 Å². The SMILES string of the molecule is C[C@@H]1Oc2ccc(NC(=O)[C@H]3Cc4ccccc4CN3S(=O)(=O)c3ccc(F)cc3)cc2NC1=O. The predicted octanol–water partition coefficient (Wildman–Crippen LogP) is 3.30. The summed E-state index contributed by atoms with van der Waals surface area (Å²) < 4.78 is 47.1. The molecular formula is C25H22FN3O5S. The second-order valence-corrected chi connectivity index (χ2v) is 10.3. The topological polar surface area (TPSA) is 105 Å². The third-order valence-electron chi connectivity index (χ3n) is 6.11. The van der Waals surface area contributed by atoms with Crippen LogP contribution in [0.1, 0.15) is 18.1 Å². The molecule has 5 rings (SSSR count). The van der Waals surface area contributed by atoms with Crippen LogP contribution in [0.15, 0.2) is 71.6 Å². The van der Waals surface area contributed by atoms with Gasteiger partial charge in [-0.1, -0.05) is 24.3 Å². The number of fused-ring (bicyclic) bond motifs is 2. The monoisotopic (exact) mass is 495 g/mol. The Morgan fingerprint density at radius 1 is 1.09 bits per heavy atom. The fourth-order valence-electron chi connectivity index (χ4n) is 4.23. The quantitative estimate of drug-likeness (QED) is 0.578. The molecule has 0 radical (unpaired) electrons. The number of hydrogen-bond acceptors (Lipinski definition) is 5. The van der Waals surface area contributed by atoms with Crippen LogP contribution in [0.5, 0.6) is 5.75 Å². The van der Waals surface area contributed by atoms with Crippen molar-refractivity contribution in [2.24, 2.45) is 0 Å². The average Bonchev–Trinajstić information content (AvgIpc) is 2.84. The first-order valence-corrected chi connectivity index (χ1v) is 12.4. The summed E-state index contributed by atoms with van der Waals surface area (Å²) in [6, 6.07) is 15.6. The van der Waals surface area contributed by atoms with Gasteiger partial charge in [-0.05, 0) is 66.9 Å². The van der Waals surface area contributed by atoms with Crippen molar-refractivity contribution in [1.82, 2.24) is 4.31 Å². The molecular weight excluding hydrogens is 473 g/mol. The number of benzene rings is 3. The van der Waals surface area contributed by atoms with Crippen LogP contribution in [0.4, 0.5) is 15.8 Å². The maximum absolute atomic E-state index is 13.5. The second kappa shape index (κ2) is 8.79. The van der Waals surface area contributed by atoms with Crippen LogP contribution in [0.2, 0.25) is 0 Å². The Bertz CT molecular complexity index is 1430. The highest BCUT2D eigenvalue weighted by Gasteiger charge is 2.39. The van der Waals surface area contributed by atoms with Crippen LogP contribution in [0.3, 0.4) is 0 Å². The molecule has 0 fully saturated rings. The maximum atomic E-state index is 13.5. The minimum absolute atomic E-state index is 0.0000562. The first kappa shape index (κ1) is 23.0. The Morgan fingerprint density at radius 2 is 1.80 bits per heavy atom. The predicted molar refractivity (Wildman–Crippen MR) is 127 cm³/mol. The van der Waals surface area contributed by atoms with Gasteiger partial charge in [-0.25, -0.2) is 12.8 Å². The largest absolute Gasteiger partial charge is 0.479 e. The van der Waals surface area contributed by atoms with E-state index in [0.29, 0.717) is 17.1 Å². The van der Waals surface area contributed by atoms with Crippen LogP contribution >= 0.6 is 0 Å². The lowest BCUT2D eigenvalue weighted by Crippen LogP contribution is -2.50. The van der Waals surface area contributed by atoms with Gasteiger partial charge in [-0.2, -0.15) is 4.31 Å². The van der Waals surface area contributed by atoms with Gasteiger partial charge < -0.3 is 15.4 Å². The third-order valence-corrected chi connectivity index (χ3v) is 7.98. The Morgan fingerprint density at radius 3 is 2.54 bits per heavy atom. The van der Waals surface area contributed by atoms with E-state index in [4.69, 9.17) is 4.74 Å². The molecule has 2 aliphatic heterocycles. The minimum atomic E-state index is -4.11. The first-order valence-electron chi connectivity index (χ1n) is 11.0. The Balaban J connectivity index is 1.46. The summed E-state index contributed by atoms with van der Waals surface area (Å²) in [6.45, 7) is 1.63. The van der Waals surface area contributed by atoms with Crippen molar-refractivity contribution in [3.8, 4) is 5.75 Å². The lowest BCUT2D eigenvalue weighted by atomic mass is 9.95. The van der Waals surface area contributed by atoms with E-state index in [0.717, 1.165) is 27.6 Å². The molecule has 0 aromatic heterocycles. The zero-order valence-electron chi connectivity index (χ0n) is 18.7. The van der Waals surface area contributed by atoms with Crippen LogP contribution in [-0.4, -0.2) is 36.7 Å². The Labute approximate surface area is 201 Å². The van der Waals surface area contributed by atoms with E-state index in [-0.39, 0.29) is 23.8 Å². The molecule has 10 heteroatoms. The highest BCUT2D eigenvalue weighted by molar-refractivity contribution is 7.89. The maximum Gasteiger partial charge on any atom is 0.265 e. The molecule has 2 atom stereocenters. The lowest BCUT2D eigenvalue weighted by molar-refractivity contribution is -0.122. The van der Waals surface area contributed by atoms with Gasteiger partial charge in [0.1, 0.15) is 17.6 Å². The van der Waals surface area contributed by atoms with E-state index < -0.39 is 33.9 Å². The highest BCUT2D eigenvalue weighted by atomic mass is 32.2. The molecule has 0 unspecified atom stereocenters. The zero-order chi connectivity index (χ0) is 24.7. The standard InChI is InChI=1S/C25H22FN3O5S/c1-15-24(30)28-21-13-19(8-11-23(21)34-15)27-25(31)22-12-16-4-2-3-5-17(16)14-29(22)35(32,33)20-9-6-18(26)7-10-20/h2-11,13,15,22H,12,14H2,1H3,(H,27,31)(H,28,30)/t15-,22+/m0/s1. The molecule has 3 aromatic rings. The number of halogens is 1. The van der Waals surface area contributed by atoms with Gasteiger partial charge >= 0.3 is 0 Å². The molecule has 2 amide bonds. The van der Waals surface area contributed by atoms with Gasteiger partial charge in [0.25, 0.3) is 5.91 Å². The number of amides is 2. The summed E-state index contributed by atoms with van der Waals surface area (Å²) in [5.41, 5.74) is 2.46. The molecule has 0 bridgehead atoms. The van der Waals surface area contributed by atoms with E-state index >= 15 is 0 Å². The summed E-state index contributed by atoms with van der Waals surface area (Å²) in [4.78, 5) is 25.3. The van der Waals surface area contributed by atoms with Crippen LogP contribution in [-0.2, 0) is 32.6 Å². The number of nitrogens with one attached hydrogen (secondary N) is 2. The average molecular weight is 496 g/mol. The third kappa shape index (κ3) is 4.38. The molecule has 0 saturated carbocycles. The molecule has 8 nitrogen and oxygen atoms in total. The summed E-state index contributed by atoms with van der Waals surface area (Å²) in [5, 5.41) is 5.49. The highest BCUT2D eigenvalue weighted by Crippen LogP contribution is 2.33. The van der Waals surface area contributed by atoms with Crippen LogP contribution < -0.4 is 15.4 Å². The van der Waals surface area contributed by atoms with Gasteiger partial charge in [-0.3, -0.25) is 9.59 Å². The Kier molecular flexibility index (Phi) is 5.78. The van der Waals surface area contributed by atoms with E-state index in [1.54, 1.807) is 25.1 Å². The number of ether oxygens (including phenoxy) is 1. The molecule has 2 aliphatic rings. The normalized spacial score (nSPS) is 19.7. The smallest absolute Gasteiger partial charge is 0.265 e. The summed E-state index contributed by atoms with van der Waals surface area (Å²) >= 11 is 0. The zero-order valence-corrected chi connectivity index (χ0v) is 19.5. The molecule has 0 saturated heterocycles. The number of anilines is 2. The second-order valence-electron chi connectivity index (χ2n) is 8.44. The number of hydrogen-bond donors (Lipinski definition) is 2. The summed E-state index contributed by atoms with van der Waals surface area (Å²) in [5.74, 6) is -0.912. The van der Waals surface area contributed by atoms with Crippen molar-refractivity contribution >= 4 is 33.2 Å². The van der Waals surface area contributed by atoms with Gasteiger partial charge in [0.05, 0.1) is 10.6 Å². The molecule has 180 valence electrons. The number of rotatable bonds is 4. The van der Waals surface area contributed by atoms with Gasteiger partial charge in [0, 0.05) is 12.2 Å². The van der Waals surface area contributed by atoms with Crippen LogP contribution in [0, 0.1) is 5.82 Å². The van der Waals surface area contributed by atoms with Crippen molar-refractivity contribution < 1.29 is 27.1 Å². The Hall–Kier alpha value is -3.76. The molecule has 2 heterocycles. The van der Waals surface area contributed by atoms with Crippen molar-refractivity contribution in [3.63, 3.8) is 0 Å². The van der Waals surface area contributed by atoms with Crippen molar-refractivity contribution in [1.29, 1.82) is 0 Å². The molecule has 0 aliphatic carbocycles. The number of sulfonamides is 1. The first-order chi connectivity index (χ1) is 16.7.